The van der Waals surface area contributed by atoms with Crippen molar-refractivity contribution in [1.29, 1.82) is 0 Å². The number of aromatic amines is 2. The summed E-state index contributed by atoms with van der Waals surface area (Å²) in [4.78, 5) is 16.6. The van der Waals surface area contributed by atoms with Crippen LogP contribution in [0.15, 0.2) is 11.0 Å². The van der Waals surface area contributed by atoms with E-state index in [1.807, 2.05) is 20.0 Å². The van der Waals surface area contributed by atoms with Gasteiger partial charge in [-0.05, 0) is 38.7 Å². The smallest absolute Gasteiger partial charge is 0.266 e. The van der Waals surface area contributed by atoms with Crippen molar-refractivity contribution in [3.8, 4) is 16.2 Å². The fourth-order valence-electron chi connectivity index (χ4n) is 3.43. The highest BCUT2D eigenvalue weighted by molar-refractivity contribution is 7.22. The molecule has 0 fully saturated rings. The number of nitrogens with one attached hydrogen (secondary N) is 2. The summed E-state index contributed by atoms with van der Waals surface area (Å²) in [7, 11) is 0. The summed E-state index contributed by atoms with van der Waals surface area (Å²) >= 11 is 1.43. The number of hydrogen-bond donors (Lipinski definition) is 3. The largest absolute Gasteiger partial charge is 0.491 e. The van der Waals surface area contributed by atoms with E-state index in [-0.39, 0.29) is 5.56 Å². The predicted octanol–water partition coefficient (Wildman–Crippen LogP) is 3.23. The van der Waals surface area contributed by atoms with Gasteiger partial charge in [-0.15, -0.1) is 11.3 Å². The van der Waals surface area contributed by atoms with Gasteiger partial charge in [0.25, 0.3) is 5.56 Å². The van der Waals surface area contributed by atoms with Gasteiger partial charge in [-0.2, -0.15) is 5.10 Å². The van der Waals surface area contributed by atoms with Crippen LogP contribution in [-0.2, 0) is 12.0 Å². The molecule has 0 aromatic carbocycles. The number of hydrogen-bond acceptors (Lipinski definition) is 5. The Bertz CT molecular complexity index is 1010. The van der Waals surface area contributed by atoms with Gasteiger partial charge in [0.05, 0.1) is 22.9 Å². The lowest BCUT2D eigenvalue weighted by molar-refractivity contribution is 0.0475. The minimum absolute atomic E-state index is 0.174. The average molecular weight is 359 g/mol. The third-order valence-corrected chi connectivity index (χ3v) is 6.24. The molecule has 0 amide bonds. The number of aryl methyl sites for hydroxylation is 2. The number of H-pyrrole nitrogens is 2. The zero-order valence-corrected chi connectivity index (χ0v) is 15.3. The number of aliphatic hydroxyl groups is 1. The van der Waals surface area contributed by atoms with Crippen LogP contribution in [-0.4, -0.2) is 26.9 Å². The monoisotopic (exact) mass is 359 g/mol. The molecule has 25 heavy (non-hydrogen) atoms. The van der Waals surface area contributed by atoms with Crippen LogP contribution in [0.25, 0.3) is 20.5 Å². The second-order valence-electron chi connectivity index (χ2n) is 6.74. The summed E-state index contributed by atoms with van der Waals surface area (Å²) in [5.74, 6) is 0.747. The van der Waals surface area contributed by atoms with E-state index in [1.165, 1.54) is 11.3 Å². The number of aromatic nitrogens is 3. The van der Waals surface area contributed by atoms with Gasteiger partial charge in [0.2, 0.25) is 0 Å². The molecule has 0 aliphatic carbocycles. The second-order valence-corrected chi connectivity index (χ2v) is 7.76. The molecule has 1 aliphatic rings. The van der Waals surface area contributed by atoms with Crippen LogP contribution < -0.4 is 10.3 Å². The topological polar surface area (TPSA) is 91.0 Å². The first-order chi connectivity index (χ1) is 11.9. The van der Waals surface area contributed by atoms with E-state index in [1.54, 1.807) is 6.92 Å². The predicted molar refractivity (Wildman–Crippen MR) is 98.4 cm³/mol. The van der Waals surface area contributed by atoms with Crippen molar-refractivity contribution in [2.75, 3.05) is 6.61 Å². The van der Waals surface area contributed by atoms with Gasteiger partial charge in [-0.25, -0.2) is 0 Å². The molecule has 1 aliphatic heterocycles. The molecule has 1 atom stereocenters. The summed E-state index contributed by atoms with van der Waals surface area (Å²) in [6, 6.07) is 0. The molecule has 132 valence electrons. The third-order valence-electron chi connectivity index (χ3n) is 5.03. The lowest BCUT2D eigenvalue weighted by Crippen LogP contribution is -2.27. The zero-order chi connectivity index (χ0) is 17.8. The van der Waals surface area contributed by atoms with E-state index in [2.05, 4.69) is 15.2 Å². The van der Waals surface area contributed by atoms with E-state index in [0.717, 1.165) is 45.7 Å². The normalized spacial score (nSPS) is 16.5. The molecule has 7 heteroatoms. The third kappa shape index (κ3) is 2.41. The summed E-state index contributed by atoms with van der Waals surface area (Å²) in [5.41, 5.74) is 2.19. The zero-order valence-electron chi connectivity index (χ0n) is 14.5. The summed E-state index contributed by atoms with van der Waals surface area (Å²) in [6.07, 6.45) is 3.97. The fraction of sp³-hybridized carbons (Fsp3) is 0.444. The van der Waals surface area contributed by atoms with E-state index >= 15 is 0 Å². The fourth-order valence-corrected chi connectivity index (χ4v) is 4.67. The molecule has 6 nitrogen and oxygen atoms in total. The molecular weight excluding hydrogens is 338 g/mol. The summed E-state index contributed by atoms with van der Waals surface area (Å²) < 4.78 is 6.71. The van der Waals surface area contributed by atoms with Crippen LogP contribution >= 0.6 is 11.3 Å². The van der Waals surface area contributed by atoms with Crippen LogP contribution in [0.3, 0.4) is 0 Å². The number of nitrogens with zero attached hydrogens (tertiary/aromatic N) is 1. The van der Waals surface area contributed by atoms with Gasteiger partial charge < -0.3 is 14.8 Å². The number of rotatable bonds is 3. The molecule has 3 aromatic heterocycles. The molecule has 0 unspecified atom stereocenters. The maximum atomic E-state index is 12.8. The van der Waals surface area contributed by atoms with Gasteiger partial charge in [0.15, 0.2) is 0 Å². The number of thiophene rings is 1. The van der Waals surface area contributed by atoms with E-state index < -0.39 is 5.60 Å². The van der Waals surface area contributed by atoms with Gasteiger partial charge >= 0.3 is 0 Å². The molecule has 4 rings (SSSR count). The van der Waals surface area contributed by atoms with E-state index in [9.17, 15) is 9.90 Å². The first kappa shape index (κ1) is 16.4. The lowest BCUT2D eigenvalue weighted by atomic mass is 9.91. The standard InChI is InChI=1S/C18H21N3O3S/c1-4-18(3,23)16-10-6-5-7-24-13-12(10)15(17(22)20-16)25-14(13)11-8-19-21-9(11)2/h8,23H,4-7H2,1-3H3,(H,19,21)(H,20,22)/t18-/m1/s1. The Morgan fingerprint density at radius 1 is 1.48 bits per heavy atom. The molecule has 3 aromatic rings. The Balaban J connectivity index is 2.11. The number of pyridine rings is 1. The highest BCUT2D eigenvalue weighted by Crippen LogP contribution is 2.47. The highest BCUT2D eigenvalue weighted by Gasteiger charge is 2.31. The SMILES string of the molecule is CC[C@@](C)(O)c1[nH]c(=O)c2sc(-c3c[nH]nc3C)c3c2c1CCCO3. The first-order valence-electron chi connectivity index (χ1n) is 8.52. The quantitative estimate of drug-likeness (QED) is 0.669. The van der Waals surface area contributed by atoms with Crippen LogP contribution in [0.5, 0.6) is 5.75 Å². The van der Waals surface area contributed by atoms with Crippen LogP contribution in [0.4, 0.5) is 0 Å². The molecule has 0 spiro atoms. The molecular formula is C18H21N3O3S. The van der Waals surface area contributed by atoms with Crippen molar-refractivity contribution in [3.63, 3.8) is 0 Å². The summed E-state index contributed by atoms with van der Waals surface area (Å²) in [6.45, 7) is 6.18. The maximum Gasteiger partial charge on any atom is 0.266 e. The van der Waals surface area contributed by atoms with Gasteiger partial charge in [0, 0.05) is 17.1 Å². The Morgan fingerprint density at radius 2 is 2.28 bits per heavy atom. The van der Waals surface area contributed by atoms with Gasteiger partial charge in [-0.1, -0.05) is 6.92 Å². The Kier molecular flexibility index (Phi) is 3.73. The second kappa shape index (κ2) is 5.71. The van der Waals surface area contributed by atoms with Crippen LogP contribution in [0.1, 0.15) is 43.6 Å². The highest BCUT2D eigenvalue weighted by atomic mass is 32.1. The summed E-state index contributed by atoms with van der Waals surface area (Å²) in [5, 5.41) is 18.7. The molecule has 0 saturated carbocycles. The van der Waals surface area contributed by atoms with Crippen LogP contribution in [0, 0.1) is 6.92 Å². The molecule has 0 bridgehead atoms. The number of ether oxygens (including phenoxy) is 1. The van der Waals surface area contributed by atoms with Crippen molar-refractivity contribution in [2.45, 2.75) is 45.6 Å². The van der Waals surface area contributed by atoms with Crippen molar-refractivity contribution >= 4 is 21.4 Å². The van der Waals surface area contributed by atoms with Gasteiger partial charge in [0.1, 0.15) is 16.1 Å². The lowest BCUT2D eigenvalue weighted by Gasteiger charge is -2.24. The molecule has 0 saturated heterocycles. The maximum absolute atomic E-state index is 12.8. The first-order valence-corrected chi connectivity index (χ1v) is 9.33. The van der Waals surface area contributed by atoms with Crippen molar-refractivity contribution in [1.82, 2.24) is 15.2 Å². The molecule has 4 heterocycles. The molecule has 0 radical (unpaired) electrons. The minimum Gasteiger partial charge on any atom is -0.491 e. The van der Waals surface area contributed by atoms with Crippen molar-refractivity contribution < 1.29 is 9.84 Å². The van der Waals surface area contributed by atoms with Gasteiger partial charge in [-0.3, -0.25) is 9.89 Å². The Hall–Kier alpha value is -2.12. The Labute approximate surface area is 148 Å². The van der Waals surface area contributed by atoms with Crippen molar-refractivity contribution in [3.05, 3.63) is 33.5 Å². The average Bonchev–Trinajstić information content (AvgIpc) is 3.09. The minimum atomic E-state index is -1.07. The van der Waals surface area contributed by atoms with E-state index in [4.69, 9.17) is 4.74 Å². The molecule has 3 N–H and O–H groups in total. The Morgan fingerprint density at radius 3 is 2.96 bits per heavy atom. The van der Waals surface area contributed by atoms with E-state index in [0.29, 0.717) is 23.4 Å². The van der Waals surface area contributed by atoms with Crippen molar-refractivity contribution in [2.24, 2.45) is 0 Å². The van der Waals surface area contributed by atoms with Crippen LogP contribution in [0.2, 0.25) is 0 Å².